The van der Waals surface area contributed by atoms with Crippen LogP contribution in [0.15, 0.2) is 21.9 Å². The Morgan fingerprint density at radius 3 is 2.80 bits per heavy atom. The zero-order valence-corrected chi connectivity index (χ0v) is 14.9. The third-order valence-corrected chi connectivity index (χ3v) is 5.63. The zero-order valence-electron chi connectivity index (χ0n) is 14.0. The molecule has 0 radical (unpaired) electrons. The minimum atomic E-state index is -4.12. The molecule has 0 amide bonds. The summed E-state index contributed by atoms with van der Waals surface area (Å²) in [4.78, 5) is 35.0. The molecule has 1 aliphatic carbocycles. The first-order chi connectivity index (χ1) is 11.8. The Labute approximate surface area is 144 Å². The molecule has 9 nitrogen and oxygen atoms in total. The molecule has 25 heavy (non-hydrogen) atoms. The summed E-state index contributed by atoms with van der Waals surface area (Å²) in [6.07, 6.45) is 4.22. The van der Waals surface area contributed by atoms with Gasteiger partial charge in [0.15, 0.2) is 0 Å². The van der Waals surface area contributed by atoms with Crippen LogP contribution >= 0.6 is 7.82 Å². The highest BCUT2D eigenvalue weighted by Gasteiger charge is 2.36. The topological polar surface area (TPSA) is 120 Å². The maximum Gasteiger partial charge on any atom is 0.472 e. The fraction of sp³-hybridized carbons (Fsp3) is 0.733. The third kappa shape index (κ3) is 4.68. The minimum Gasteiger partial charge on any atom is -0.352 e. The highest BCUT2D eigenvalue weighted by molar-refractivity contribution is 7.47. The van der Waals surface area contributed by atoms with Gasteiger partial charge in [-0.2, -0.15) is 0 Å². The molecule has 0 spiro atoms. The highest BCUT2D eigenvalue weighted by Crippen LogP contribution is 2.48. The summed E-state index contributed by atoms with van der Waals surface area (Å²) in [6.45, 7) is 1.80. The molecule has 4 unspecified atom stereocenters. The van der Waals surface area contributed by atoms with Crippen molar-refractivity contribution < 1.29 is 23.2 Å². The molecule has 10 heteroatoms. The van der Waals surface area contributed by atoms with Crippen molar-refractivity contribution in [1.29, 1.82) is 0 Å². The van der Waals surface area contributed by atoms with Gasteiger partial charge >= 0.3 is 13.5 Å². The van der Waals surface area contributed by atoms with Gasteiger partial charge in [-0.15, -0.1) is 0 Å². The standard InChI is InChI=1S/C15H23N2O7P/c1-10-8-12(9-22-25(20,21)24-11-4-2-3-5-11)23-14(10)17-7-6-13(18)16-15(17)19/h6-7,10-12,14H,2-5,8-9H2,1H3,(H,20,21)(H,16,18,19). The lowest BCUT2D eigenvalue weighted by atomic mass is 10.1. The van der Waals surface area contributed by atoms with Crippen LogP contribution in [0.25, 0.3) is 0 Å². The maximum atomic E-state index is 12.0. The Morgan fingerprint density at radius 2 is 2.12 bits per heavy atom. The number of ether oxygens (including phenoxy) is 1. The Hall–Kier alpha value is -1.25. The smallest absolute Gasteiger partial charge is 0.352 e. The van der Waals surface area contributed by atoms with Crippen LogP contribution < -0.4 is 11.2 Å². The molecule has 1 aliphatic heterocycles. The van der Waals surface area contributed by atoms with Crippen molar-refractivity contribution in [2.45, 2.75) is 57.5 Å². The summed E-state index contributed by atoms with van der Waals surface area (Å²) in [5, 5.41) is 0. The monoisotopic (exact) mass is 374 g/mol. The number of phosphoric ester groups is 1. The molecule has 1 saturated heterocycles. The number of phosphoric acid groups is 1. The molecule has 2 heterocycles. The number of nitrogens with zero attached hydrogens (tertiary/aromatic N) is 1. The van der Waals surface area contributed by atoms with E-state index in [4.69, 9.17) is 13.8 Å². The molecule has 0 bridgehead atoms. The molecule has 140 valence electrons. The molecule has 3 rings (SSSR count). The van der Waals surface area contributed by atoms with Crippen molar-refractivity contribution >= 4 is 7.82 Å². The van der Waals surface area contributed by atoms with E-state index in [-0.39, 0.29) is 18.6 Å². The summed E-state index contributed by atoms with van der Waals surface area (Å²) in [5.41, 5.74) is -1.03. The molecule has 0 aromatic carbocycles. The van der Waals surface area contributed by atoms with Gasteiger partial charge in [0.25, 0.3) is 5.56 Å². The van der Waals surface area contributed by atoms with Gasteiger partial charge in [0.1, 0.15) is 6.23 Å². The number of H-pyrrole nitrogens is 1. The molecular formula is C15H23N2O7P. The normalized spacial score (nSPS) is 29.8. The van der Waals surface area contributed by atoms with Crippen molar-refractivity contribution in [3.63, 3.8) is 0 Å². The van der Waals surface area contributed by atoms with Gasteiger partial charge < -0.3 is 9.63 Å². The van der Waals surface area contributed by atoms with Crippen molar-refractivity contribution in [3.8, 4) is 0 Å². The van der Waals surface area contributed by atoms with Crippen LogP contribution in [0.2, 0.25) is 0 Å². The number of rotatable bonds is 6. The molecular weight excluding hydrogens is 351 g/mol. The van der Waals surface area contributed by atoms with E-state index < -0.39 is 31.4 Å². The van der Waals surface area contributed by atoms with Crippen LogP contribution in [0.3, 0.4) is 0 Å². The SMILES string of the molecule is CC1CC(COP(=O)(O)OC2CCCC2)OC1n1ccc(=O)[nH]c1=O. The first-order valence-electron chi connectivity index (χ1n) is 8.47. The highest BCUT2D eigenvalue weighted by atomic mass is 31.2. The minimum absolute atomic E-state index is 0.0222. The van der Waals surface area contributed by atoms with Crippen LogP contribution in [0, 0.1) is 5.92 Å². The molecule has 2 fully saturated rings. The second-order valence-electron chi connectivity index (χ2n) is 6.66. The lowest BCUT2D eigenvalue weighted by Gasteiger charge is -2.19. The van der Waals surface area contributed by atoms with E-state index in [9.17, 15) is 19.0 Å². The predicted octanol–water partition coefficient (Wildman–Crippen LogP) is 1.54. The van der Waals surface area contributed by atoms with Crippen LogP contribution in [0.4, 0.5) is 0 Å². The van der Waals surface area contributed by atoms with Gasteiger partial charge in [0.2, 0.25) is 0 Å². The summed E-state index contributed by atoms with van der Waals surface area (Å²) in [5.74, 6) is -0.0222. The van der Waals surface area contributed by atoms with Gasteiger partial charge in [-0.3, -0.25) is 23.4 Å². The predicted molar refractivity (Wildman–Crippen MR) is 88.1 cm³/mol. The quantitative estimate of drug-likeness (QED) is 0.725. The largest absolute Gasteiger partial charge is 0.472 e. The number of hydrogen-bond donors (Lipinski definition) is 2. The van der Waals surface area contributed by atoms with Gasteiger partial charge in [-0.1, -0.05) is 19.8 Å². The Kier molecular flexibility index (Phi) is 5.60. The first-order valence-corrected chi connectivity index (χ1v) is 9.96. The van der Waals surface area contributed by atoms with E-state index in [0.717, 1.165) is 25.7 Å². The van der Waals surface area contributed by atoms with Gasteiger partial charge in [0.05, 0.1) is 18.8 Å². The van der Waals surface area contributed by atoms with Crippen LogP contribution in [-0.2, 0) is 18.3 Å². The second kappa shape index (κ2) is 7.55. The van der Waals surface area contributed by atoms with E-state index in [0.29, 0.717) is 6.42 Å². The molecule has 2 aliphatic rings. The number of hydrogen-bond acceptors (Lipinski definition) is 6. The summed E-state index contributed by atoms with van der Waals surface area (Å²) >= 11 is 0. The average molecular weight is 374 g/mol. The molecule has 4 atom stereocenters. The van der Waals surface area contributed by atoms with Gasteiger partial charge in [-0.25, -0.2) is 9.36 Å². The zero-order chi connectivity index (χ0) is 18.0. The number of aromatic nitrogens is 2. The van der Waals surface area contributed by atoms with Crippen molar-refractivity contribution in [2.75, 3.05) is 6.61 Å². The molecule has 1 saturated carbocycles. The average Bonchev–Trinajstić information content (AvgIpc) is 3.15. The van der Waals surface area contributed by atoms with Crippen LogP contribution in [-0.4, -0.2) is 33.3 Å². The maximum absolute atomic E-state index is 12.0. The second-order valence-corrected chi connectivity index (χ2v) is 8.06. The lowest BCUT2D eigenvalue weighted by Crippen LogP contribution is -2.33. The summed E-state index contributed by atoms with van der Waals surface area (Å²) < 4.78 is 29.3. The number of aromatic amines is 1. The van der Waals surface area contributed by atoms with E-state index in [1.807, 2.05) is 6.92 Å². The van der Waals surface area contributed by atoms with Crippen molar-refractivity contribution in [3.05, 3.63) is 33.1 Å². The third-order valence-electron chi connectivity index (χ3n) is 4.59. The summed E-state index contributed by atoms with van der Waals surface area (Å²) in [6, 6.07) is 1.25. The molecule has 2 N–H and O–H groups in total. The fourth-order valence-electron chi connectivity index (χ4n) is 3.38. The van der Waals surface area contributed by atoms with E-state index in [2.05, 4.69) is 4.98 Å². The van der Waals surface area contributed by atoms with Crippen LogP contribution in [0.1, 0.15) is 45.3 Å². The van der Waals surface area contributed by atoms with E-state index >= 15 is 0 Å². The lowest BCUT2D eigenvalue weighted by molar-refractivity contribution is -0.0359. The van der Waals surface area contributed by atoms with E-state index in [1.165, 1.54) is 16.8 Å². The van der Waals surface area contributed by atoms with Gasteiger partial charge in [-0.05, 0) is 19.3 Å². The van der Waals surface area contributed by atoms with Crippen LogP contribution in [0.5, 0.6) is 0 Å². The molecule has 1 aromatic heterocycles. The summed E-state index contributed by atoms with van der Waals surface area (Å²) in [7, 11) is -4.12. The van der Waals surface area contributed by atoms with Crippen molar-refractivity contribution in [2.24, 2.45) is 5.92 Å². The van der Waals surface area contributed by atoms with Crippen molar-refractivity contribution in [1.82, 2.24) is 9.55 Å². The Balaban J connectivity index is 1.57. The first kappa shape index (κ1) is 18.5. The fourth-order valence-corrected chi connectivity index (χ4v) is 4.39. The van der Waals surface area contributed by atoms with Gasteiger partial charge in [0, 0.05) is 18.2 Å². The number of nitrogens with one attached hydrogen (secondary N) is 1. The molecule has 1 aromatic rings. The van der Waals surface area contributed by atoms with E-state index in [1.54, 1.807) is 0 Å². The Morgan fingerprint density at radius 1 is 1.40 bits per heavy atom. The Bertz CT molecular complexity index is 755.